The third kappa shape index (κ3) is 1.89. The molecule has 1 rings (SSSR count). The first kappa shape index (κ1) is 8.41. The molecule has 2 N–H and O–H groups in total. The van der Waals surface area contributed by atoms with Gasteiger partial charge >= 0.3 is 0 Å². The molecular weight excluding hydrogens is 142 g/mol. The van der Waals surface area contributed by atoms with Gasteiger partial charge in [-0.3, -0.25) is 0 Å². The number of rotatable bonds is 2. The van der Waals surface area contributed by atoms with Crippen LogP contribution in [0.5, 0.6) is 0 Å². The van der Waals surface area contributed by atoms with Crippen LogP contribution in [0.1, 0.15) is 25.7 Å². The molecule has 0 saturated heterocycles. The summed E-state index contributed by atoms with van der Waals surface area (Å²) in [4.78, 5) is 0. The van der Waals surface area contributed by atoms with Gasteiger partial charge in [0.25, 0.3) is 0 Å². The summed E-state index contributed by atoms with van der Waals surface area (Å²) in [6, 6.07) is 0. The van der Waals surface area contributed by atoms with E-state index in [-0.39, 0.29) is 0 Å². The van der Waals surface area contributed by atoms with Crippen molar-refractivity contribution < 1.29 is 0 Å². The maximum Gasteiger partial charge on any atom is 0.00845 e. The molecular formula is C8H17NS. The first-order chi connectivity index (χ1) is 4.88. The minimum Gasteiger partial charge on any atom is -0.330 e. The van der Waals surface area contributed by atoms with Crippen molar-refractivity contribution in [3.8, 4) is 0 Å². The predicted molar refractivity (Wildman–Crippen MR) is 48.3 cm³/mol. The molecule has 1 aliphatic carbocycles. The Morgan fingerprint density at radius 1 is 1.40 bits per heavy atom. The fraction of sp³-hybridized carbons (Fsp3) is 1.00. The summed E-state index contributed by atoms with van der Waals surface area (Å²) in [5.41, 5.74) is 5.66. The highest BCUT2D eigenvalue weighted by Gasteiger charge is 2.22. The van der Waals surface area contributed by atoms with Crippen LogP contribution in [0.4, 0.5) is 0 Å². The lowest BCUT2D eigenvalue weighted by atomic mass is 9.89. The van der Waals surface area contributed by atoms with Gasteiger partial charge in [-0.2, -0.15) is 11.8 Å². The lowest BCUT2D eigenvalue weighted by molar-refractivity contribution is 0.378. The first-order valence-corrected chi connectivity index (χ1v) is 5.40. The lowest BCUT2D eigenvalue weighted by Gasteiger charge is -2.28. The Hall–Kier alpha value is 0.310. The average molecular weight is 159 g/mol. The molecule has 60 valence electrons. The molecule has 2 heteroatoms. The third-order valence-electron chi connectivity index (χ3n) is 2.44. The van der Waals surface area contributed by atoms with Crippen LogP contribution >= 0.6 is 11.8 Å². The van der Waals surface area contributed by atoms with Crippen molar-refractivity contribution in [1.29, 1.82) is 0 Å². The van der Waals surface area contributed by atoms with Gasteiger partial charge in [0.2, 0.25) is 0 Å². The summed E-state index contributed by atoms with van der Waals surface area (Å²) in [6.45, 7) is 0.894. The highest BCUT2D eigenvalue weighted by atomic mass is 32.2. The van der Waals surface area contributed by atoms with Crippen LogP contribution in [-0.4, -0.2) is 18.1 Å². The summed E-state index contributed by atoms with van der Waals surface area (Å²) in [5.74, 6) is 0.809. The minimum absolute atomic E-state index is 0.809. The smallest absolute Gasteiger partial charge is 0.00845 e. The monoisotopic (exact) mass is 159 g/mol. The standard InChI is InChI=1S/C8H17NS/c1-10-8-5-3-2-4-7(8)6-9/h7-8H,2-6,9H2,1H3. The van der Waals surface area contributed by atoms with Gasteiger partial charge in [0.1, 0.15) is 0 Å². The van der Waals surface area contributed by atoms with Crippen molar-refractivity contribution >= 4 is 11.8 Å². The van der Waals surface area contributed by atoms with Crippen molar-refractivity contribution in [2.24, 2.45) is 11.7 Å². The number of hydrogen-bond acceptors (Lipinski definition) is 2. The van der Waals surface area contributed by atoms with Crippen LogP contribution in [0.2, 0.25) is 0 Å². The van der Waals surface area contributed by atoms with E-state index in [4.69, 9.17) is 5.73 Å². The second kappa shape index (κ2) is 4.24. The highest BCUT2D eigenvalue weighted by Crippen LogP contribution is 2.31. The lowest BCUT2D eigenvalue weighted by Crippen LogP contribution is -2.28. The highest BCUT2D eigenvalue weighted by molar-refractivity contribution is 7.99. The number of thioether (sulfide) groups is 1. The van der Waals surface area contributed by atoms with Gasteiger partial charge in [0.15, 0.2) is 0 Å². The third-order valence-corrected chi connectivity index (χ3v) is 3.67. The van der Waals surface area contributed by atoms with Crippen molar-refractivity contribution in [2.45, 2.75) is 30.9 Å². The van der Waals surface area contributed by atoms with Crippen molar-refractivity contribution in [1.82, 2.24) is 0 Å². The first-order valence-electron chi connectivity index (χ1n) is 4.11. The minimum atomic E-state index is 0.809. The second-order valence-corrected chi connectivity index (χ2v) is 4.13. The largest absolute Gasteiger partial charge is 0.330 e. The molecule has 1 nitrogen and oxygen atoms in total. The van der Waals surface area contributed by atoms with Crippen LogP contribution in [0.15, 0.2) is 0 Å². The fourth-order valence-electron chi connectivity index (χ4n) is 1.75. The van der Waals surface area contributed by atoms with Crippen LogP contribution in [0.3, 0.4) is 0 Å². The van der Waals surface area contributed by atoms with Gasteiger partial charge in [-0.25, -0.2) is 0 Å². The van der Waals surface area contributed by atoms with E-state index in [1.807, 2.05) is 11.8 Å². The molecule has 1 fully saturated rings. The van der Waals surface area contributed by atoms with Gasteiger partial charge in [0, 0.05) is 5.25 Å². The molecule has 2 unspecified atom stereocenters. The van der Waals surface area contributed by atoms with Gasteiger partial charge in [-0.15, -0.1) is 0 Å². The molecule has 1 aliphatic rings. The Kier molecular flexibility index (Phi) is 3.57. The summed E-state index contributed by atoms with van der Waals surface area (Å²) in [7, 11) is 0. The molecule has 0 aliphatic heterocycles. The molecule has 2 atom stereocenters. The van der Waals surface area contributed by atoms with E-state index in [1.165, 1.54) is 25.7 Å². The van der Waals surface area contributed by atoms with Crippen LogP contribution in [-0.2, 0) is 0 Å². The maximum atomic E-state index is 5.66. The van der Waals surface area contributed by atoms with Gasteiger partial charge in [0.05, 0.1) is 0 Å². The van der Waals surface area contributed by atoms with E-state index in [1.54, 1.807) is 0 Å². The molecule has 0 aromatic carbocycles. The molecule has 10 heavy (non-hydrogen) atoms. The number of hydrogen-bond donors (Lipinski definition) is 1. The van der Waals surface area contributed by atoms with Gasteiger partial charge < -0.3 is 5.73 Å². The Bertz CT molecular complexity index is 83.3. The SMILES string of the molecule is CSC1CCCCC1CN. The van der Waals surface area contributed by atoms with E-state index < -0.39 is 0 Å². The Labute approximate surface area is 67.8 Å². The molecule has 0 aromatic heterocycles. The van der Waals surface area contributed by atoms with E-state index >= 15 is 0 Å². The molecule has 0 amide bonds. The second-order valence-electron chi connectivity index (χ2n) is 3.05. The summed E-state index contributed by atoms with van der Waals surface area (Å²) < 4.78 is 0. The average Bonchev–Trinajstić information content (AvgIpc) is 2.04. The van der Waals surface area contributed by atoms with E-state index in [0.29, 0.717) is 0 Å². The molecule has 0 heterocycles. The molecule has 0 radical (unpaired) electrons. The summed E-state index contributed by atoms with van der Waals surface area (Å²) >= 11 is 2.00. The zero-order chi connectivity index (χ0) is 7.40. The van der Waals surface area contributed by atoms with Gasteiger partial charge in [-0.05, 0) is 31.6 Å². The van der Waals surface area contributed by atoms with E-state index in [2.05, 4.69) is 6.26 Å². The summed E-state index contributed by atoms with van der Waals surface area (Å²) in [6.07, 6.45) is 7.78. The molecule has 0 bridgehead atoms. The normalized spacial score (nSPS) is 34.2. The molecule has 1 saturated carbocycles. The zero-order valence-corrected chi connectivity index (χ0v) is 7.49. The van der Waals surface area contributed by atoms with Crippen molar-refractivity contribution in [3.05, 3.63) is 0 Å². The quantitative estimate of drug-likeness (QED) is 0.665. The topological polar surface area (TPSA) is 26.0 Å². The maximum absolute atomic E-state index is 5.66. The Morgan fingerprint density at radius 3 is 2.60 bits per heavy atom. The van der Waals surface area contributed by atoms with Crippen LogP contribution in [0.25, 0.3) is 0 Å². The Morgan fingerprint density at radius 2 is 2.10 bits per heavy atom. The zero-order valence-electron chi connectivity index (χ0n) is 6.68. The van der Waals surface area contributed by atoms with E-state index in [0.717, 1.165) is 17.7 Å². The van der Waals surface area contributed by atoms with Crippen LogP contribution in [0, 0.1) is 5.92 Å². The van der Waals surface area contributed by atoms with Gasteiger partial charge in [-0.1, -0.05) is 12.8 Å². The van der Waals surface area contributed by atoms with Crippen molar-refractivity contribution in [2.75, 3.05) is 12.8 Å². The molecule has 0 spiro atoms. The predicted octanol–water partition coefficient (Wildman–Crippen LogP) is 1.87. The Balaban J connectivity index is 2.34. The van der Waals surface area contributed by atoms with Crippen LogP contribution < -0.4 is 5.73 Å². The fourth-order valence-corrected chi connectivity index (χ4v) is 2.79. The van der Waals surface area contributed by atoms with E-state index in [9.17, 15) is 0 Å². The molecule has 0 aromatic rings. The van der Waals surface area contributed by atoms with Crippen molar-refractivity contribution in [3.63, 3.8) is 0 Å². The number of nitrogens with two attached hydrogens (primary N) is 1. The summed E-state index contributed by atoms with van der Waals surface area (Å²) in [5, 5.41) is 0.860.